The topological polar surface area (TPSA) is 93.6 Å². The molecule has 0 unspecified atom stereocenters. The zero-order chi connectivity index (χ0) is 22.9. The molecule has 1 atom stereocenters. The third-order valence-electron chi connectivity index (χ3n) is 5.55. The second-order valence-corrected chi connectivity index (χ2v) is 10.4. The van der Waals surface area contributed by atoms with E-state index in [4.69, 9.17) is 16.3 Å². The Morgan fingerprint density at radius 3 is 2.56 bits per heavy atom. The molecule has 1 fully saturated rings. The van der Waals surface area contributed by atoms with E-state index in [0.717, 1.165) is 5.56 Å². The number of esters is 1. The number of rotatable bonds is 5. The normalized spacial score (nSPS) is 17.2. The number of halogens is 1. The number of hydrogen-bond donors (Lipinski definition) is 0. The number of ether oxygens (including phenoxy) is 1. The van der Waals surface area contributed by atoms with Crippen LogP contribution in [0.25, 0.3) is 22.2 Å². The number of pyridine rings is 1. The third kappa shape index (κ3) is 4.76. The first-order valence-corrected chi connectivity index (χ1v) is 12.2. The average molecular weight is 473 g/mol. The highest BCUT2D eigenvalue weighted by molar-refractivity contribution is 7.91. The van der Waals surface area contributed by atoms with Gasteiger partial charge in [-0.3, -0.25) is 4.79 Å². The molecule has 1 saturated heterocycles. The molecule has 3 aromatic rings. The van der Waals surface area contributed by atoms with Gasteiger partial charge in [0.1, 0.15) is 0 Å². The summed E-state index contributed by atoms with van der Waals surface area (Å²) in [4.78, 5) is 31.4. The quantitative estimate of drug-likeness (QED) is 0.528. The number of benzene rings is 2. The highest BCUT2D eigenvalue weighted by atomic mass is 35.5. The lowest BCUT2D eigenvalue weighted by Gasteiger charge is -2.23. The predicted octanol–water partition coefficient (Wildman–Crippen LogP) is 3.36. The summed E-state index contributed by atoms with van der Waals surface area (Å²) in [5.74, 6) is -1.11. The molecule has 9 heteroatoms. The smallest absolute Gasteiger partial charge is 0.339 e. The van der Waals surface area contributed by atoms with Crippen molar-refractivity contribution in [1.82, 2.24) is 9.88 Å². The molecule has 166 valence electrons. The predicted molar refractivity (Wildman–Crippen MR) is 122 cm³/mol. The molecule has 0 bridgehead atoms. The molecule has 1 aromatic heterocycles. The molecular weight excluding hydrogens is 452 g/mol. The monoisotopic (exact) mass is 472 g/mol. The molecule has 0 saturated carbocycles. The van der Waals surface area contributed by atoms with Crippen LogP contribution in [0.3, 0.4) is 0 Å². The van der Waals surface area contributed by atoms with E-state index in [1.54, 1.807) is 36.4 Å². The van der Waals surface area contributed by atoms with Gasteiger partial charge in [-0.15, -0.1) is 0 Å². The van der Waals surface area contributed by atoms with E-state index in [1.165, 1.54) is 11.9 Å². The van der Waals surface area contributed by atoms with Gasteiger partial charge in [0.15, 0.2) is 16.4 Å². The number of likely N-dealkylation sites (N-methyl/N-ethyl adjacent to an activating group) is 1. The number of nitrogens with zero attached hydrogens (tertiary/aromatic N) is 2. The fourth-order valence-corrected chi connectivity index (χ4v) is 5.60. The van der Waals surface area contributed by atoms with E-state index in [1.807, 2.05) is 18.2 Å². The van der Waals surface area contributed by atoms with E-state index in [9.17, 15) is 18.0 Å². The molecule has 0 radical (unpaired) electrons. The maximum Gasteiger partial charge on any atom is 0.339 e. The Labute approximate surface area is 190 Å². The van der Waals surface area contributed by atoms with Gasteiger partial charge in [0.25, 0.3) is 5.91 Å². The van der Waals surface area contributed by atoms with Gasteiger partial charge in [0.2, 0.25) is 0 Å². The van der Waals surface area contributed by atoms with Gasteiger partial charge in [-0.25, -0.2) is 18.2 Å². The molecule has 1 aliphatic rings. The van der Waals surface area contributed by atoms with Crippen LogP contribution in [0.5, 0.6) is 0 Å². The first-order chi connectivity index (χ1) is 15.2. The number of aromatic nitrogens is 1. The molecule has 1 amide bonds. The molecule has 32 heavy (non-hydrogen) atoms. The second kappa shape index (κ2) is 8.88. The molecule has 0 spiro atoms. The van der Waals surface area contributed by atoms with E-state index < -0.39 is 34.4 Å². The van der Waals surface area contributed by atoms with Gasteiger partial charge in [-0.2, -0.15) is 0 Å². The fraction of sp³-hybridized carbons (Fsp3) is 0.261. The van der Waals surface area contributed by atoms with Crippen LogP contribution in [-0.4, -0.2) is 61.4 Å². The Bertz CT molecular complexity index is 1290. The van der Waals surface area contributed by atoms with Gasteiger partial charge in [0, 0.05) is 29.1 Å². The minimum atomic E-state index is -3.12. The van der Waals surface area contributed by atoms with Crippen molar-refractivity contribution in [2.24, 2.45) is 0 Å². The number of sulfone groups is 1. The highest BCUT2D eigenvalue weighted by Crippen LogP contribution is 2.26. The van der Waals surface area contributed by atoms with Crippen molar-refractivity contribution in [2.75, 3.05) is 25.2 Å². The van der Waals surface area contributed by atoms with Crippen molar-refractivity contribution >= 4 is 44.2 Å². The summed E-state index contributed by atoms with van der Waals surface area (Å²) in [6, 6.07) is 15.5. The molecule has 1 aliphatic heterocycles. The summed E-state index contributed by atoms with van der Waals surface area (Å²) in [5, 5.41) is 1.20. The summed E-state index contributed by atoms with van der Waals surface area (Å²) < 4.78 is 28.7. The Balaban J connectivity index is 1.55. The van der Waals surface area contributed by atoms with Crippen LogP contribution in [0.1, 0.15) is 16.8 Å². The van der Waals surface area contributed by atoms with Crippen molar-refractivity contribution in [2.45, 2.75) is 12.5 Å². The number of para-hydroxylation sites is 1. The highest BCUT2D eigenvalue weighted by Gasteiger charge is 2.33. The Morgan fingerprint density at radius 1 is 1.16 bits per heavy atom. The Hall–Kier alpha value is -2.97. The molecule has 0 aliphatic carbocycles. The van der Waals surface area contributed by atoms with Crippen molar-refractivity contribution in [3.63, 3.8) is 0 Å². The van der Waals surface area contributed by atoms with Gasteiger partial charge in [0.05, 0.1) is 28.3 Å². The molecule has 0 N–H and O–H groups in total. The minimum absolute atomic E-state index is 0.0611. The van der Waals surface area contributed by atoms with E-state index in [2.05, 4.69) is 4.98 Å². The van der Waals surface area contributed by atoms with Crippen molar-refractivity contribution in [3.8, 4) is 11.3 Å². The summed E-state index contributed by atoms with van der Waals surface area (Å²) in [7, 11) is -1.59. The minimum Gasteiger partial charge on any atom is -0.452 e. The van der Waals surface area contributed by atoms with E-state index in [0.29, 0.717) is 33.6 Å². The number of hydrogen-bond acceptors (Lipinski definition) is 6. The zero-order valence-corrected chi connectivity index (χ0v) is 18.9. The SMILES string of the molecule is CN(C(=O)COC(=O)c1cc(-c2ccc(Cl)cc2)nc2ccccc12)[C@@H]1CCS(=O)(=O)C1. The van der Waals surface area contributed by atoms with Crippen LogP contribution in [0.4, 0.5) is 0 Å². The van der Waals surface area contributed by atoms with Crippen LogP contribution >= 0.6 is 11.6 Å². The standard InChI is InChI=1S/C23H21ClN2O5S/c1-26(17-10-11-32(29,30)14-17)22(27)13-31-23(28)19-12-21(15-6-8-16(24)9-7-15)25-20-5-3-2-4-18(19)20/h2-9,12,17H,10-11,13-14H2,1H3/t17-/m1/s1. The summed E-state index contributed by atoms with van der Waals surface area (Å²) >= 11 is 5.97. The first kappa shape index (κ1) is 22.2. The summed E-state index contributed by atoms with van der Waals surface area (Å²) in [6.07, 6.45) is 0.387. The number of carbonyl (C=O) groups excluding carboxylic acids is 2. The summed E-state index contributed by atoms with van der Waals surface area (Å²) in [5.41, 5.74) is 2.27. The lowest BCUT2D eigenvalue weighted by atomic mass is 10.0. The lowest BCUT2D eigenvalue weighted by molar-refractivity contribution is -0.134. The number of amides is 1. The van der Waals surface area contributed by atoms with Crippen molar-refractivity contribution in [3.05, 3.63) is 65.2 Å². The molecule has 2 heterocycles. The second-order valence-electron chi connectivity index (χ2n) is 7.72. The van der Waals surface area contributed by atoms with Crippen LogP contribution in [0.2, 0.25) is 5.02 Å². The molecule has 7 nitrogen and oxygen atoms in total. The first-order valence-electron chi connectivity index (χ1n) is 10.0. The van der Waals surface area contributed by atoms with Crippen LogP contribution in [0.15, 0.2) is 54.6 Å². The number of fused-ring (bicyclic) bond motifs is 1. The zero-order valence-electron chi connectivity index (χ0n) is 17.3. The Kier molecular flexibility index (Phi) is 6.17. The van der Waals surface area contributed by atoms with Gasteiger partial charge in [-0.1, -0.05) is 41.9 Å². The number of carbonyl (C=O) groups is 2. The van der Waals surface area contributed by atoms with Crippen LogP contribution in [-0.2, 0) is 19.4 Å². The summed E-state index contributed by atoms with van der Waals surface area (Å²) in [6.45, 7) is -0.473. The van der Waals surface area contributed by atoms with Gasteiger partial charge < -0.3 is 9.64 Å². The van der Waals surface area contributed by atoms with E-state index >= 15 is 0 Å². The molecular formula is C23H21ClN2O5S. The fourth-order valence-electron chi connectivity index (χ4n) is 3.70. The van der Waals surface area contributed by atoms with Crippen molar-refractivity contribution in [1.29, 1.82) is 0 Å². The largest absolute Gasteiger partial charge is 0.452 e. The van der Waals surface area contributed by atoms with Crippen molar-refractivity contribution < 1.29 is 22.7 Å². The average Bonchev–Trinajstić information content (AvgIpc) is 3.16. The van der Waals surface area contributed by atoms with E-state index in [-0.39, 0.29) is 11.5 Å². The lowest BCUT2D eigenvalue weighted by Crippen LogP contribution is -2.40. The van der Waals surface area contributed by atoms with Gasteiger partial charge >= 0.3 is 5.97 Å². The maximum atomic E-state index is 12.9. The molecule has 4 rings (SSSR count). The maximum absolute atomic E-state index is 12.9. The third-order valence-corrected chi connectivity index (χ3v) is 7.55. The van der Waals surface area contributed by atoms with Crippen LogP contribution in [0, 0.1) is 0 Å². The van der Waals surface area contributed by atoms with Gasteiger partial charge in [-0.05, 0) is 30.7 Å². The molecule has 2 aromatic carbocycles. The van der Waals surface area contributed by atoms with Crippen LogP contribution < -0.4 is 0 Å². The Morgan fingerprint density at radius 2 is 1.88 bits per heavy atom.